The zero-order valence-electron chi connectivity index (χ0n) is 12.2. The largest absolute Gasteiger partial charge is 0.467 e. The average Bonchev–Trinajstić information content (AvgIpc) is 2.34. The average molecular weight is 269 g/mol. The van der Waals surface area contributed by atoms with E-state index in [1.54, 1.807) is 14.0 Å². The topological polar surface area (TPSA) is 92.2 Å². The Balaban J connectivity index is 2.71. The minimum Gasteiger partial charge on any atom is -0.467 e. The lowest BCUT2D eigenvalue weighted by Crippen LogP contribution is -2.35. The van der Waals surface area contributed by atoms with E-state index < -0.39 is 5.60 Å². The Hall–Kier alpha value is -1.63. The second-order valence-corrected chi connectivity index (χ2v) is 5.17. The van der Waals surface area contributed by atoms with Crippen LogP contribution in [-0.4, -0.2) is 46.4 Å². The zero-order chi connectivity index (χ0) is 14.5. The van der Waals surface area contributed by atoms with E-state index in [0.717, 1.165) is 0 Å². The van der Waals surface area contributed by atoms with E-state index in [-0.39, 0.29) is 6.01 Å². The smallest absolute Gasteiger partial charge is 0.322 e. The Bertz CT molecular complexity index is 387. The first kappa shape index (κ1) is 15.4. The summed E-state index contributed by atoms with van der Waals surface area (Å²) in [5.74, 6) is 1.20. The van der Waals surface area contributed by atoms with Crippen LogP contribution >= 0.6 is 0 Å². The normalized spacial score (nSPS) is 14.1. The number of anilines is 2. The van der Waals surface area contributed by atoms with Crippen molar-refractivity contribution >= 4 is 11.9 Å². The number of rotatable bonds is 7. The molecule has 3 N–H and O–H groups in total. The highest BCUT2D eigenvalue weighted by Crippen LogP contribution is 2.17. The molecule has 0 fully saturated rings. The minimum absolute atomic E-state index is 0.227. The van der Waals surface area contributed by atoms with Crippen LogP contribution in [0.4, 0.5) is 11.9 Å². The highest BCUT2D eigenvalue weighted by molar-refractivity contribution is 5.35. The molecule has 0 saturated heterocycles. The van der Waals surface area contributed by atoms with Crippen molar-refractivity contribution in [2.24, 2.45) is 5.92 Å². The lowest BCUT2D eigenvalue weighted by molar-refractivity contribution is 0.0513. The molecular formula is C12H23N5O2. The van der Waals surface area contributed by atoms with E-state index in [1.807, 2.05) is 0 Å². The Morgan fingerprint density at radius 2 is 1.89 bits per heavy atom. The Morgan fingerprint density at radius 3 is 2.42 bits per heavy atom. The molecular weight excluding hydrogens is 246 g/mol. The maximum absolute atomic E-state index is 10.2. The van der Waals surface area contributed by atoms with Gasteiger partial charge in [-0.05, 0) is 19.3 Å². The van der Waals surface area contributed by atoms with Crippen molar-refractivity contribution in [1.29, 1.82) is 0 Å². The summed E-state index contributed by atoms with van der Waals surface area (Å²) in [6, 6.07) is 0.227. The summed E-state index contributed by atoms with van der Waals surface area (Å²) < 4.78 is 4.99. The third-order valence-electron chi connectivity index (χ3n) is 2.50. The van der Waals surface area contributed by atoms with Gasteiger partial charge in [0.15, 0.2) is 0 Å². The summed E-state index contributed by atoms with van der Waals surface area (Å²) in [5.41, 5.74) is -0.812. The third-order valence-corrected chi connectivity index (χ3v) is 2.50. The summed E-state index contributed by atoms with van der Waals surface area (Å²) in [6.45, 7) is 6.29. The van der Waals surface area contributed by atoms with Crippen LogP contribution in [0.2, 0.25) is 0 Å². The molecule has 0 aliphatic heterocycles. The van der Waals surface area contributed by atoms with Gasteiger partial charge in [0.2, 0.25) is 11.9 Å². The van der Waals surface area contributed by atoms with Crippen molar-refractivity contribution in [3.63, 3.8) is 0 Å². The molecule has 19 heavy (non-hydrogen) atoms. The Morgan fingerprint density at radius 1 is 1.26 bits per heavy atom. The molecule has 0 aliphatic carbocycles. The van der Waals surface area contributed by atoms with E-state index in [0.29, 0.717) is 30.8 Å². The van der Waals surface area contributed by atoms with Gasteiger partial charge in [-0.1, -0.05) is 13.8 Å². The predicted octanol–water partition coefficient (Wildman–Crippen LogP) is 1.13. The summed E-state index contributed by atoms with van der Waals surface area (Å²) >= 11 is 0. The molecule has 0 saturated carbocycles. The number of nitrogens with one attached hydrogen (secondary N) is 2. The molecule has 108 valence electrons. The monoisotopic (exact) mass is 269 g/mol. The number of nitrogens with zero attached hydrogens (tertiary/aromatic N) is 3. The number of aromatic nitrogens is 3. The van der Waals surface area contributed by atoms with Gasteiger partial charge in [0.25, 0.3) is 0 Å². The second-order valence-electron chi connectivity index (χ2n) is 5.17. The number of methoxy groups -OCH3 is 1. The molecule has 0 amide bonds. The van der Waals surface area contributed by atoms with Gasteiger partial charge in [0.1, 0.15) is 0 Å². The molecule has 0 radical (unpaired) electrons. The predicted molar refractivity (Wildman–Crippen MR) is 74.5 cm³/mol. The maximum atomic E-state index is 10.2. The summed E-state index contributed by atoms with van der Waals surface area (Å²) in [6.07, 6.45) is 0.696. The standard InChI is InChI=1S/C12H23N5O2/c1-8(2)6-12(3,18)7-14-10-15-9(13-4)16-11(17-10)19-5/h8,18H,6-7H2,1-5H3,(H2,13,14,15,16,17). The van der Waals surface area contributed by atoms with Crippen LogP contribution in [0.25, 0.3) is 0 Å². The molecule has 1 unspecified atom stereocenters. The van der Waals surface area contributed by atoms with Crippen molar-refractivity contribution < 1.29 is 9.84 Å². The number of ether oxygens (including phenoxy) is 1. The van der Waals surface area contributed by atoms with Gasteiger partial charge >= 0.3 is 6.01 Å². The van der Waals surface area contributed by atoms with E-state index in [2.05, 4.69) is 39.4 Å². The lowest BCUT2D eigenvalue weighted by atomic mass is 9.94. The van der Waals surface area contributed by atoms with Crippen LogP contribution < -0.4 is 15.4 Å². The van der Waals surface area contributed by atoms with Crippen molar-refractivity contribution in [2.75, 3.05) is 31.3 Å². The molecule has 0 spiro atoms. The van der Waals surface area contributed by atoms with E-state index in [1.165, 1.54) is 7.11 Å². The van der Waals surface area contributed by atoms with Crippen LogP contribution in [0.15, 0.2) is 0 Å². The van der Waals surface area contributed by atoms with E-state index in [4.69, 9.17) is 4.74 Å². The number of hydrogen-bond donors (Lipinski definition) is 3. The first-order valence-electron chi connectivity index (χ1n) is 6.30. The zero-order valence-corrected chi connectivity index (χ0v) is 12.2. The number of aliphatic hydroxyl groups is 1. The van der Waals surface area contributed by atoms with Gasteiger partial charge in [-0.25, -0.2) is 0 Å². The van der Waals surface area contributed by atoms with Crippen LogP contribution in [-0.2, 0) is 0 Å². The molecule has 7 heteroatoms. The van der Waals surface area contributed by atoms with Gasteiger partial charge in [-0.3, -0.25) is 0 Å². The lowest BCUT2D eigenvalue weighted by Gasteiger charge is -2.25. The van der Waals surface area contributed by atoms with Crippen molar-refractivity contribution in [2.45, 2.75) is 32.8 Å². The summed E-state index contributed by atoms with van der Waals surface area (Å²) in [5, 5.41) is 16.1. The van der Waals surface area contributed by atoms with Crippen molar-refractivity contribution in [3.05, 3.63) is 0 Å². The highest BCUT2D eigenvalue weighted by Gasteiger charge is 2.22. The molecule has 7 nitrogen and oxygen atoms in total. The molecule has 1 aromatic heterocycles. The van der Waals surface area contributed by atoms with E-state index >= 15 is 0 Å². The first-order chi connectivity index (χ1) is 8.86. The minimum atomic E-state index is -0.812. The first-order valence-corrected chi connectivity index (χ1v) is 6.30. The van der Waals surface area contributed by atoms with Crippen molar-refractivity contribution in [3.8, 4) is 6.01 Å². The number of hydrogen-bond acceptors (Lipinski definition) is 7. The fourth-order valence-corrected chi connectivity index (χ4v) is 1.86. The van der Waals surface area contributed by atoms with Gasteiger partial charge in [0.05, 0.1) is 12.7 Å². The van der Waals surface area contributed by atoms with Crippen LogP contribution in [0.1, 0.15) is 27.2 Å². The quantitative estimate of drug-likeness (QED) is 0.683. The Kier molecular flexibility index (Phi) is 5.29. The third kappa shape index (κ3) is 5.25. The fraction of sp³-hybridized carbons (Fsp3) is 0.750. The maximum Gasteiger partial charge on any atom is 0.322 e. The SMILES string of the molecule is CNc1nc(NCC(C)(O)CC(C)C)nc(OC)n1. The van der Waals surface area contributed by atoms with Crippen LogP contribution in [0.3, 0.4) is 0 Å². The van der Waals surface area contributed by atoms with Gasteiger partial charge in [-0.2, -0.15) is 15.0 Å². The molecule has 0 aromatic carbocycles. The molecule has 1 rings (SSSR count). The molecule has 0 bridgehead atoms. The molecule has 1 atom stereocenters. The van der Waals surface area contributed by atoms with E-state index in [9.17, 15) is 5.11 Å². The second kappa shape index (κ2) is 6.51. The summed E-state index contributed by atoms with van der Waals surface area (Å²) in [7, 11) is 3.21. The van der Waals surface area contributed by atoms with Crippen molar-refractivity contribution in [1.82, 2.24) is 15.0 Å². The summed E-state index contributed by atoms with van der Waals surface area (Å²) in [4.78, 5) is 12.2. The fourth-order valence-electron chi connectivity index (χ4n) is 1.86. The molecule has 1 aromatic rings. The van der Waals surface area contributed by atoms with Crippen LogP contribution in [0, 0.1) is 5.92 Å². The highest BCUT2D eigenvalue weighted by atomic mass is 16.5. The van der Waals surface area contributed by atoms with Gasteiger partial charge < -0.3 is 20.5 Å². The molecule has 1 heterocycles. The van der Waals surface area contributed by atoms with Gasteiger partial charge in [-0.15, -0.1) is 0 Å². The Labute approximate surface area is 113 Å². The molecule has 0 aliphatic rings. The van der Waals surface area contributed by atoms with Crippen LogP contribution in [0.5, 0.6) is 6.01 Å². The van der Waals surface area contributed by atoms with Gasteiger partial charge in [0, 0.05) is 13.6 Å².